The summed E-state index contributed by atoms with van der Waals surface area (Å²) < 4.78 is 0. The second-order valence-corrected chi connectivity index (χ2v) is 4.34. The van der Waals surface area contributed by atoms with Gasteiger partial charge in [0, 0.05) is 6.07 Å². The third-order valence-electron chi connectivity index (χ3n) is 1.99. The molecule has 2 heterocycles. The van der Waals surface area contributed by atoms with Crippen molar-refractivity contribution in [3.63, 3.8) is 0 Å². The van der Waals surface area contributed by atoms with Crippen LogP contribution in [0, 0.1) is 10.1 Å². The lowest BCUT2D eigenvalue weighted by atomic mass is 10.5. The van der Waals surface area contributed by atoms with Gasteiger partial charge in [0.2, 0.25) is 5.95 Å². The minimum atomic E-state index is -0.660. The highest BCUT2D eigenvalue weighted by Crippen LogP contribution is 2.30. The van der Waals surface area contributed by atoms with Crippen molar-refractivity contribution in [2.24, 2.45) is 5.84 Å². The number of hydrogen-bond donors (Lipinski definition) is 4. The van der Waals surface area contributed by atoms with Gasteiger partial charge in [0.1, 0.15) is 12.0 Å². The van der Waals surface area contributed by atoms with Gasteiger partial charge in [0.15, 0.2) is 10.2 Å². The molecule has 104 valence electrons. The first-order chi connectivity index (χ1) is 9.49. The van der Waals surface area contributed by atoms with E-state index in [9.17, 15) is 14.9 Å². The number of nitro groups is 1. The number of nitrogens with two attached hydrogens (primary N) is 2. The van der Waals surface area contributed by atoms with Crippen LogP contribution in [-0.4, -0.2) is 24.9 Å². The fourth-order valence-corrected chi connectivity index (χ4v) is 2.07. The summed E-state index contributed by atoms with van der Waals surface area (Å²) in [5, 5.41) is 10.9. The van der Waals surface area contributed by atoms with E-state index in [1.807, 2.05) is 0 Å². The maximum absolute atomic E-state index is 11.3. The van der Waals surface area contributed by atoms with Crippen LogP contribution in [0.25, 0.3) is 0 Å². The zero-order valence-electron chi connectivity index (χ0n) is 9.73. The third kappa shape index (κ3) is 2.99. The molecule has 0 radical (unpaired) electrons. The highest BCUT2D eigenvalue weighted by molar-refractivity contribution is 7.99. The SMILES string of the molecule is NNc1ncc([N+](=O)[O-])c(Sc2nc(N)cc(=O)[nH]2)n1. The highest BCUT2D eigenvalue weighted by Gasteiger charge is 2.19. The van der Waals surface area contributed by atoms with Crippen LogP contribution in [-0.2, 0) is 0 Å². The number of nitrogens with zero attached hydrogens (tertiary/aromatic N) is 4. The van der Waals surface area contributed by atoms with Crippen molar-refractivity contribution in [1.82, 2.24) is 19.9 Å². The van der Waals surface area contributed by atoms with E-state index in [0.717, 1.165) is 24.0 Å². The smallest absolute Gasteiger partial charge is 0.320 e. The monoisotopic (exact) mass is 296 g/mol. The quantitative estimate of drug-likeness (QED) is 0.188. The van der Waals surface area contributed by atoms with Crippen LogP contribution in [0.15, 0.2) is 27.2 Å². The minimum absolute atomic E-state index is 0.00914. The molecule has 12 heteroatoms. The Morgan fingerprint density at radius 3 is 2.80 bits per heavy atom. The lowest BCUT2D eigenvalue weighted by Crippen LogP contribution is -2.12. The zero-order valence-corrected chi connectivity index (χ0v) is 10.5. The maximum atomic E-state index is 11.3. The van der Waals surface area contributed by atoms with Crippen LogP contribution < -0.4 is 22.6 Å². The summed E-state index contributed by atoms with van der Waals surface area (Å²) in [6, 6.07) is 1.09. The summed E-state index contributed by atoms with van der Waals surface area (Å²) >= 11 is 0.765. The van der Waals surface area contributed by atoms with Gasteiger partial charge >= 0.3 is 5.69 Å². The third-order valence-corrected chi connectivity index (χ3v) is 2.88. The molecule has 0 atom stereocenters. The van der Waals surface area contributed by atoms with Crippen LogP contribution in [0.4, 0.5) is 17.5 Å². The summed E-state index contributed by atoms with van der Waals surface area (Å²) in [5.74, 6) is 5.12. The molecular weight excluding hydrogens is 288 g/mol. The predicted octanol–water partition coefficient (Wildman–Crippen LogP) is -0.513. The lowest BCUT2D eigenvalue weighted by molar-refractivity contribution is -0.388. The summed E-state index contributed by atoms with van der Waals surface area (Å²) in [6.07, 6.45) is 0.995. The first-order valence-corrected chi connectivity index (χ1v) is 5.84. The number of aromatic nitrogens is 4. The molecule has 0 fully saturated rings. The Labute approximate surface area is 115 Å². The van der Waals surface area contributed by atoms with Crippen molar-refractivity contribution in [2.75, 3.05) is 11.2 Å². The van der Waals surface area contributed by atoms with E-state index in [1.54, 1.807) is 0 Å². The number of rotatable bonds is 4. The van der Waals surface area contributed by atoms with Crippen LogP contribution >= 0.6 is 11.8 Å². The minimum Gasteiger partial charge on any atom is -0.383 e. The first-order valence-electron chi connectivity index (χ1n) is 5.02. The Hall–Kier alpha value is -2.73. The second kappa shape index (κ2) is 5.50. The summed E-state index contributed by atoms with van der Waals surface area (Å²) in [7, 11) is 0. The molecule has 0 aromatic carbocycles. The molecule has 2 aromatic rings. The van der Waals surface area contributed by atoms with E-state index >= 15 is 0 Å². The van der Waals surface area contributed by atoms with E-state index in [1.165, 1.54) is 0 Å². The molecule has 20 heavy (non-hydrogen) atoms. The van der Waals surface area contributed by atoms with E-state index < -0.39 is 10.5 Å². The Balaban J connectivity index is 2.45. The van der Waals surface area contributed by atoms with Crippen molar-refractivity contribution in [2.45, 2.75) is 10.2 Å². The molecule has 0 saturated carbocycles. The first kappa shape index (κ1) is 13.7. The second-order valence-electron chi connectivity index (χ2n) is 3.36. The summed E-state index contributed by atoms with van der Waals surface area (Å²) in [6.45, 7) is 0. The fraction of sp³-hybridized carbons (Fsp3) is 0. The summed E-state index contributed by atoms with van der Waals surface area (Å²) in [4.78, 5) is 35.2. The Kier molecular flexibility index (Phi) is 3.76. The molecule has 0 amide bonds. The molecule has 2 rings (SSSR count). The van der Waals surface area contributed by atoms with Gasteiger partial charge in [0.25, 0.3) is 5.56 Å². The number of anilines is 2. The Morgan fingerprint density at radius 2 is 2.20 bits per heavy atom. The molecule has 11 nitrogen and oxygen atoms in total. The van der Waals surface area contributed by atoms with Crippen LogP contribution in [0.5, 0.6) is 0 Å². The molecule has 0 aliphatic heterocycles. The molecule has 6 N–H and O–H groups in total. The molecule has 0 aliphatic carbocycles. The fourth-order valence-electron chi connectivity index (χ4n) is 1.22. The number of hydrogen-bond acceptors (Lipinski definition) is 10. The number of nitrogen functional groups attached to an aromatic ring is 2. The van der Waals surface area contributed by atoms with Gasteiger partial charge in [-0.15, -0.1) is 0 Å². The zero-order chi connectivity index (χ0) is 14.7. The van der Waals surface area contributed by atoms with Crippen molar-refractivity contribution >= 4 is 29.2 Å². The van der Waals surface area contributed by atoms with E-state index in [2.05, 4.69) is 25.4 Å². The van der Waals surface area contributed by atoms with Gasteiger partial charge in [-0.25, -0.2) is 15.8 Å². The van der Waals surface area contributed by atoms with Gasteiger partial charge in [0.05, 0.1) is 4.92 Å². The number of aromatic amines is 1. The lowest BCUT2D eigenvalue weighted by Gasteiger charge is -2.03. The molecular formula is C8H8N8O3S. The highest BCUT2D eigenvalue weighted by atomic mass is 32.2. The molecule has 0 spiro atoms. The molecule has 0 aliphatic rings. The van der Waals surface area contributed by atoms with Gasteiger partial charge in [-0.2, -0.15) is 4.98 Å². The summed E-state index contributed by atoms with van der Waals surface area (Å²) in [5.41, 5.74) is 6.76. The molecule has 2 aromatic heterocycles. The molecule has 0 saturated heterocycles. The number of nitrogens with one attached hydrogen (secondary N) is 2. The average molecular weight is 296 g/mol. The van der Waals surface area contributed by atoms with Gasteiger partial charge in [-0.3, -0.25) is 20.3 Å². The number of H-pyrrole nitrogens is 1. The van der Waals surface area contributed by atoms with E-state index in [-0.39, 0.29) is 27.6 Å². The number of hydrazine groups is 1. The maximum Gasteiger partial charge on any atom is 0.320 e. The predicted molar refractivity (Wildman–Crippen MR) is 69.9 cm³/mol. The van der Waals surface area contributed by atoms with Crippen molar-refractivity contribution in [3.05, 3.63) is 32.7 Å². The van der Waals surface area contributed by atoms with Gasteiger partial charge in [-0.05, 0) is 11.8 Å². The normalized spacial score (nSPS) is 10.2. The molecule has 0 unspecified atom stereocenters. The van der Waals surface area contributed by atoms with Crippen molar-refractivity contribution in [1.29, 1.82) is 0 Å². The van der Waals surface area contributed by atoms with Gasteiger partial charge < -0.3 is 10.7 Å². The standard InChI is InChI=1S/C8H8N8O3S/c9-4-1-5(17)13-8(12-4)20-6-3(16(18)19)2-11-7(14-6)15-10/h1-2H,10H2,(H,11,14,15)(H3,9,12,13,17). The topological polar surface area (TPSA) is 179 Å². The van der Waals surface area contributed by atoms with Crippen LogP contribution in [0.2, 0.25) is 0 Å². The van der Waals surface area contributed by atoms with Crippen molar-refractivity contribution in [3.8, 4) is 0 Å². The van der Waals surface area contributed by atoms with Crippen molar-refractivity contribution < 1.29 is 4.92 Å². The van der Waals surface area contributed by atoms with Gasteiger partial charge in [-0.1, -0.05) is 0 Å². The molecule has 0 bridgehead atoms. The Morgan fingerprint density at radius 1 is 1.45 bits per heavy atom. The van der Waals surface area contributed by atoms with Crippen LogP contribution in [0.1, 0.15) is 0 Å². The van der Waals surface area contributed by atoms with E-state index in [0.29, 0.717) is 0 Å². The van der Waals surface area contributed by atoms with Crippen LogP contribution in [0.3, 0.4) is 0 Å². The largest absolute Gasteiger partial charge is 0.383 e. The Bertz CT molecular complexity index is 717. The van der Waals surface area contributed by atoms with E-state index in [4.69, 9.17) is 11.6 Å². The average Bonchev–Trinajstić information content (AvgIpc) is 2.37.